The van der Waals surface area contributed by atoms with E-state index in [4.69, 9.17) is 10.7 Å². The number of hydrogen-bond donors (Lipinski definition) is 1. The van der Waals surface area contributed by atoms with Crippen molar-refractivity contribution in [3.8, 4) is 22.6 Å². The van der Waals surface area contributed by atoms with Crippen LogP contribution in [-0.2, 0) is 16.6 Å². The van der Waals surface area contributed by atoms with Crippen LogP contribution in [0.2, 0.25) is 0 Å². The van der Waals surface area contributed by atoms with E-state index in [1.54, 1.807) is 24.7 Å². The first-order chi connectivity index (χ1) is 18.2. The second-order valence-electron chi connectivity index (χ2n) is 10.5. The Hall–Kier alpha value is -4.21. The minimum absolute atomic E-state index is 0.132. The second kappa shape index (κ2) is 8.68. The van der Waals surface area contributed by atoms with Gasteiger partial charge in [-0.05, 0) is 54.0 Å². The lowest BCUT2D eigenvalue weighted by Gasteiger charge is -2.37. The molecule has 6 rings (SSSR count). The molecule has 2 bridgehead atoms. The molecule has 8 nitrogen and oxygen atoms in total. The Labute approximate surface area is 217 Å². The summed E-state index contributed by atoms with van der Waals surface area (Å²) in [5.41, 5.74) is 7.64. The molecule has 0 aliphatic heterocycles. The average Bonchev–Trinajstić information content (AvgIpc) is 3.28. The lowest BCUT2D eigenvalue weighted by molar-refractivity contribution is -0.118. The third kappa shape index (κ3) is 3.50. The summed E-state index contributed by atoms with van der Waals surface area (Å²) in [6.07, 6.45) is 7.24. The highest BCUT2D eigenvalue weighted by Gasteiger charge is 2.65. The summed E-state index contributed by atoms with van der Waals surface area (Å²) in [6, 6.07) is 7.47. The fourth-order valence-corrected chi connectivity index (χ4v) is 6.33. The molecule has 3 aromatic heterocycles. The first kappa shape index (κ1) is 24.1. The van der Waals surface area contributed by atoms with Crippen LogP contribution in [0.5, 0.6) is 0 Å². The summed E-state index contributed by atoms with van der Waals surface area (Å²) in [7, 11) is 0. The lowest BCUT2D eigenvalue weighted by atomic mass is 9.66. The van der Waals surface area contributed by atoms with Gasteiger partial charge >= 0.3 is 0 Å². The van der Waals surface area contributed by atoms with Crippen molar-refractivity contribution in [3.05, 3.63) is 83.3 Å². The van der Waals surface area contributed by atoms with Crippen molar-refractivity contribution in [1.29, 1.82) is 0 Å². The molecule has 2 aliphatic carbocycles. The maximum absolute atomic E-state index is 14.5. The van der Waals surface area contributed by atoms with Gasteiger partial charge < -0.3 is 5.73 Å². The van der Waals surface area contributed by atoms with Gasteiger partial charge in [-0.3, -0.25) is 4.79 Å². The molecule has 2 atom stereocenters. The number of benzene rings is 1. The zero-order chi connectivity index (χ0) is 26.7. The number of halogens is 2. The number of aromatic nitrogens is 6. The summed E-state index contributed by atoms with van der Waals surface area (Å²) in [6.45, 7) is 4.38. The van der Waals surface area contributed by atoms with Gasteiger partial charge in [0.2, 0.25) is 5.91 Å². The molecule has 0 spiro atoms. The smallest absolute Gasteiger partial charge is 0.217 e. The van der Waals surface area contributed by atoms with Crippen molar-refractivity contribution in [1.82, 2.24) is 30.1 Å². The number of rotatable bonds is 6. The Balaban J connectivity index is 1.41. The molecule has 2 N–H and O–H groups in total. The summed E-state index contributed by atoms with van der Waals surface area (Å²) in [5.74, 6) is -0.614. The molecule has 10 heteroatoms. The number of primary amides is 1. The predicted octanol–water partition coefficient (Wildman–Crippen LogP) is 4.29. The number of hydrogen-bond acceptors (Lipinski definition) is 7. The van der Waals surface area contributed by atoms with Crippen LogP contribution < -0.4 is 5.73 Å². The normalized spacial score (nSPS) is 20.9. The second-order valence-corrected chi connectivity index (χ2v) is 10.5. The molecule has 1 aromatic carbocycles. The molecule has 0 unspecified atom stereocenters. The molecule has 38 heavy (non-hydrogen) atoms. The van der Waals surface area contributed by atoms with Crippen molar-refractivity contribution in [3.63, 3.8) is 0 Å². The van der Waals surface area contributed by atoms with Gasteiger partial charge in [0.05, 0.1) is 33.6 Å². The third-order valence-electron chi connectivity index (χ3n) is 8.25. The number of fused-ring (bicyclic) bond motifs is 5. The van der Waals surface area contributed by atoms with Crippen molar-refractivity contribution in [2.24, 2.45) is 11.1 Å². The van der Waals surface area contributed by atoms with Crippen LogP contribution >= 0.6 is 0 Å². The van der Waals surface area contributed by atoms with Gasteiger partial charge in [0.15, 0.2) is 5.82 Å². The lowest BCUT2D eigenvalue weighted by Crippen LogP contribution is -2.38. The zero-order valence-electron chi connectivity index (χ0n) is 20.9. The zero-order valence-corrected chi connectivity index (χ0v) is 20.9. The first-order valence-electron chi connectivity index (χ1n) is 12.5. The topological polar surface area (TPSA) is 120 Å². The van der Waals surface area contributed by atoms with Gasteiger partial charge in [-0.2, -0.15) is 5.10 Å². The molecule has 0 saturated heterocycles. The number of nitrogens with zero attached hydrogens (tertiary/aromatic N) is 6. The standard InChI is InChI=1S/C28H25F2N7O/c1-27(2)17-8-10-28(27,25-16(17)12-20(36-37-25)24-18(29)4-3-5-19(24)30)21-9-11-32-26(35-21)15-13-33-23(34-14-15)7-6-22(31)38/h3-5,9,11-14,17H,6-8,10H2,1-2H3,(H2,31,38)/t17-,28-/m0/s1. The van der Waals surface area contributed by atoms with Crippen LogP contribution in [0.15, 0.2) is 48.9 Å². The Morgan fingerprint density at radius 2 is 1.82 bits per heavy atom. The molecule has 1 fully saturated rings. The molecule has 192 valence electrons. The molecular weight excluding hydrogens is 488 g/mol. The van der Waals surface area contributed by atoms with Crippen molar-refractivity contribution >= 4 is 5.91 Å². The highest BCUT2D eigenvalue weighted by Crippen LogP contribution is 2.69. The molecule has 4 aromatic rings. The van der Waals surface area contributed by atoms with Gasteiger partial charge in [0, 0.05) is 31.4 Å². The van der Waals surface area contributed by atoms with E-state index in [9.17, 15) is 13.6 Å². The van der Waals surface area contributed by atoms with E-state index < -0.39 is 23.0 Å². The fourth-order valence-electron chi connectivity index (χ4n) is 6.33. The van der Waals surface area contributed by atoms with Crippen LogP contribution in [0.1, 0.15) is 61.8 Å². The van der Waals surface area contributed by atoms with E-state index in [-0.39, 0.29) is 29.0 Å². The van der Waals surface area contributed by atoms with Crippen LogP contribution in [0.3, 0.4) is 0 Å². The van der Waals surface area contributed by atoms with Crippen LogP contribution in [0, 0.1) is 17.0 Å². The SMILES string of the molecule is CC1(C)[C@H]2CC[C@]1(c1ccnc(-c3cnc(CCC(N)=O)nc3)n1)c1nnc(-c3c(F)cccc3F)cc12. The van der Waals surface area contributed by atoms with Crippen molar-refractivity contribution in [2.75, 3.05) is 0 Å². The average molecular weight is 514 g/mol. The number of nitrogens with two attached hydrogens (primary N) is 1. The summed E-state index contributed by atoms with van der Waals surface area (Å²) in [4.78, 5) is 29.1. The quantitative estimate of drug-likeness (QED) is 0.408. The van der Waals surface area contributed by atoms with Gasteiger partial charge in [-0.25, -0.2) is 28.7 Å². The largest absolute Gasteiger partial charge is 0.370 e. The van der Waals surface area contributed by atoms with Crippen LogP contribution in [0.25, 0.3) is 22.6 Å². The Kier molecular flexibility index (Phi) is 5.51. The molecule has 3 heterocycles. The summed E-state index contributed by atoms with van der Waals surface area (Å²) in [5, 5.41) is 8.88. The minimum Gasteiger partial charge on any atom is -0.370 e. The van der Waals surface area contributed by atoms with E-state index >= 15 is 0 Å². The number of aryl methyl sites for hydroxylation is 1. The summed E-state index contributed by atoms with van der Waals surface area (Å²) >= 11 is 0. The molecule has 1 amide bonds. The van der Waals surface area contributed by atoms with Crippen LogP contribution in [0.4, 0.5) is 8.78 Å². The third-order valence-corrected chi connectivity index (χ3v) is 8.25. The number of amides is 1. The van der Waals surface area contributed by atoms with Crippen molar-refractivity contribution in [2.45, 2.75) is 50.9 Å². The van der Waals surface area contributed by atoms with Crippen LogP contribution in [-0.4, -0.2) is 36.0 Å². The van der Waals surface area contributed by atoms with Gasteiger partial charge in [0.1, 0.15) is 17.5 Å². The Bertz CT molecular complexity index is 1550. The fraction of sp³-hybridized carbons (Fsp3) is 0.321. The van der Waals surface area contributed by atoms with E-state index in [0.29, 0.717) is 23.6 Å². The van der Waals surface area contributed by atoms with E-state index in [0.717, 1.165) is 29.8 Å². The number of carbonyl (C=O) groups is 1. The maximum atomic E-state index is 14.5. The van der Waals surface area contributed by atoms with Gasteiger partial charge in [0.25, 0.3) is 0 Å². The predicted molar refractivity (Wildman–Crippen MR) is 134 cm³/mol. The Morgan fingerprint density at radius 3 is 2.53 bits per heavy atom. The Morgan fingerprint density at radius 1 is 1.08 bits per heavy atom. The minimum atomic E-state index is -0.667. The monoisotopic (exact) mass is 513 g/mol. The highest BCUT2D eigenvalue weighted by molar-refractivity contribution is 5.73. The molecule has 2 aliphatic rings. The van der Waals surface area contributed by atoms with Gasteiger partial charge in [-0.1, -0.05) is 19.9 Å². The maximum Gasteiger partial charge on any atom is 0.217 e. The molecular formula is C28H25F2N7O. The highest BCUT2D eigenvalue weighted by atomic mass is 19.1. The number of carbonyl (C=O) groups excluding carboxylic acids is 1. The van der Waals surface area contributed by atoms with Gasteiger partial charge in [-0.15, -0.1) is 5.10 Å². The van der Waals surface area contributed by atoms with E-state index in [2.05, 4.69) is 39.0 Å². The van der Waals surface area contributed by atoms with E-state index in [1.807, 2.05) is 6.07 Å². The molecule has 0 radical (unpaired) electrons. The summed E-state index contributed by atoms with van der Waals surface area (Å²) < 4.78 is 29.0. The van der Waals surface area contributed by atoms with Crippen molar-refractivity contribution < 1.29 is 13.6 Å². The first-order valence-corrected chi connectivity index (χ1v) is 12.5. The van der Waals surface area contributed by atoms with E-state index in [1.165, 1.54) is 18.2 Å². The molecule has 1 saturated carbocycles.